The first kappa shape index (κ1) is 82.1. The van der Waals surface area contributed by atoms with Gasteiger partial charge >= 0.3 is 0 Å². The summed E-state index contributed by atoms with van der Waals surface area (Å²) in [6.45, 7) is 6.76. The first-order valence-electron chi connectivity index (χ1n) is 38.8. The van der Waals surface area contributed by atoms with Gasteiger partial charge < -0.3 is 67.3 Å². The summed E-state index contributed by atoms with van der Waals surface area (Å²) in [7, 11) is 6.75. The fourth-order valence-electron chi connectivity index (χ4n) is 15.6. The molecule has 0 bridgehead atoms. The molecule has 9 amide bonds. The van der Waals surface area contributed by atoms with Crippen LogP contribution in [0, 0.1) is 23.6 Å². The highest BCUT2D eigenvalue weighted by atomic mass is 79.9. The van der Waals surface area contributed by atoms with E-state index in [2.05, 4.69) is 79.1 Å². The Bertz CT molecular complexity index is 3910. The molecule has 3 aliphatic carbocycles. The molecule has 3 aliphatic heterocycles. The minimum atomic E-state index is -0.655. The van der Waals surface area contributed by atoms with Crippen LogP contribution in [0.3, 0.4) is 0 Å². The van der Waals surface area contributed by atoms with E-state index in [0.29, 0.717) is 74.2 Å². The zero-order chi connectivity index (χ0) is 77.7. The molecule has 6 heterocycles. The molecule has 6 aromatic rings. The largest absolute Gasteiger partial charge is 0.497 e. The number of nitrogens with one attached hydrogen (secondary N) is 9. The van der Waals surface area contributed by atoms with Crippen LogP contribution in [-0.4, -0.2) is 199 Å². The number of amides is 9. The average molecular weight is 1570 g/mol. The van der Waals surface area contributed by atoms with Gasteiger partial charge in [-0.05, 0) is 185 Å². The molecule has 3 saturated heterocycles. The van der Waals surface area contributed by atoms with Crippen molar-refractivity contribution in [3.63, 3.8) is 0 Å². The number of likely N-dealkylation sites (N-methyl/N-ethyl adjacent to an activating group) is 3. The summed E-state index contributed by atoms with van der Waals surface area (Å²) in [6, 6.07) is 21.1. The van der Waals surface area contributed by atoms with Gasteiger partial charge in [-0.2, -0.15) is 15.3 Å². The van der Waals surface area contributed by atoms with E-state index in [0.717, 1.165) is 125 Å². The monoisotopic (exact) mass is 1570 g/mol. The van der Waals surface area contributed by atoms with Gasteiger partial charge in [0.15, 0.2) is 0 Å². The second-order valence-corrected chi connectivity index (χ2v) is 30.2. The summed E-state index contributed by atoms with van der Waals surface area (Å²) in [5.41, 5.74) is 2.04. The zero-order valence-corrected chi connectivity index (χ0v) is 65.2. The van der Waals surface area contributed by atoms with Gasteiger partial charge in [-0.1, -0.05) is 91.9 Å². The lowest BCUT2D eigenvalue weighted by Gasteiger charge is -2.35. The first-order chi connectivity index (χ1) is 52.7. The molecule has 28 nitrogen and oxygen atoms in total. The highest BCUT2D eigenvalue weighted by molar-refractivity contribution is 9.10. The number of rotatable bonds is 25. The van der Waals surface area contributed by atoms with Crippen molar-refractivity contribution in [2.75, 3.05) is 63.8 Å². The van der Waals surface area contributed by atoms with Crippen molar-refractivity contribution in [1.82, 2.24) is 75.9 Å². The minimum absolute atomic E-state index is 0.0537. The number of carbonyl (C=O) groups excluding carboxylic acids is 9. The summed E-state index contributed by atoms with van der Waals surface area (Å²) in [5, 5.41) is 39.5. The summed E-state index contributed by atoms with van der Waals surface area (Å²) in [4.78, 5) is 125. The van der Waals surface area contributed by atoms with Gasteiger partial charge in [0.05, 0.1) is 60.9 Å². The highest BCUT2D eigenvalue weighted by Crippen LogP contribution is 2.35. The van der Waals surface area contributed by atoms with Crippen molar-refractivity contribution in [2.24, 2.45) is 17.8 Å². The van der Waals surface area contributed by atoms with Crippen molar-refractivity contribution in [1.29, 1.82) is 0 Å². The van der Waals surface area contributed by atoms with E-state index in [-0.39, 0.29) is 70.9 Å². The molecule has 109 heavy (non-hydrogen) atoms. The second-order valence-electron chi connectivity index (χ2n) is 29.3. The van der Waals surface area contributed by atoms with Crippen LogP contribution in [0.15, 0.2) is 114 Å². The number of carbonyl (C=O) groups is 9. The normalized spacial score (nSPS) is 20.0. The third-order valence-corrected chi connectivity index (χ3v) is 22.6. The number of methoxy groups -OCH3 is 1. The van der Waals surface area contributed by atoms with E-state index in [1.165, 1.54) is 23.0 Å². The molecule has 30 heteroatoms. The number of aromatic nitrogens is 6. The van der Waals surface area contributed by atoms with Crippen LogP contribution in [0.4, 0.5) is 21.8 Å². The number of likely N-dealkylation sites (tertiary alicyclic amines) is 3. The Kier molecular flexibility index (Phi) is 30.0. The predicted molar refractivity (Wildman–Crippen MR) is 416 cm³/mol. The van der Waals surface area contributed by atoms with Gasteiger partial charge in [0.2, 0.25) is 53.2 Å². The number of hydrogen-bond donors (Lipinski definition) is 9. The maximum Gasteiger partial charge on any atom is 0.248 e. The van der Waals surface area contributed by atoms with Crippen LogP contribution in [-0.2, 0) is 43.2 Å². The second kappa shape index (κ2) is 39.8. The van der Waals surface area contributed by atoms with Crippen molar-refractivity contribution in [3.05, 3.63) is 120 Å². The Morgan fingerprint density at radius 1 is 0.422 bits per heavy atom. The van der Waals surface area contributed by atoms with Crippen molar-refractivity contribution in [3.8, 4) is 22.8 Å². The Hall–Kier alpha value is -9.39. The SMILES string of the molecule is CN[C@@H](C)C(=O)N[C@H](C(=O)N1CCC[C@H]1C(=O)Nc1ccnn1-c1cccc(Br)c1)C1CCCCC1.CN[C@@H](C)C(=O)N[C@H](C(=O)N1CCC[C@H]1C(=O)Nc1ccnn1-c1cccc(F)c1)C1CCCCC1.CN[C@@H](C)C(=O)N[C@H](C(=O)N1CCC[C@H]1C(=O)Nc1ccnn1-c1cccc(OC)c1)C1CCCCC1. The third-order valence-electron chi connectivity index (χ3n) is 22.1. The van der Waals surface area contributed by atoms with Crippen LogP contribution in [0.1, 0.15) is 156 Å². The molecule has 588 valence electrons. The van der Waals surface area contributed by atoms with E-state index in [1.807, 2.05) is 48.5 Å². The maximum absolute atomic E-state index is 13.8. The smallest absolute Gasteiger partial charge is 0.248 e. The van der Waals surface area contributed by atoms with E-state index < -0.39 is 60.2 Å². The summed E-state index contributed by atoms with van der Waals surface area (Å²) >= 11 is 3.47. The van der Waals surface area contributed by atoms with Gasteiger partial charge in [-0.25, -0.2) is 18.4 Å². The van der Waals surface area contributed by atoms with Gasteiger partial charge in [0, 0.05) is 48.4 Å². The molecule has 3 saturated carbocycles. The standard InChI is InChI=1S/C27H38N6O4.C26H35BrN6O3.C26H35FN6O3/c1-18(28-2)25(34)31-24(19-9-5-4-6-10-19)27(36)32-16-8-13-22(32)26(35)30-23-14-15-29-33(23)20-11-7-12-21(17-20)37-3;2*1-17(28-2)24(34)31-23(18-8-4-3-5-9-18)26(36)32-15-7-12-21(32)25(35)30-22-13-14-29-33(22)20-11-6-10-19(27)16-20/h7,11-12,14-15,17-19,22,24,28H,4-6,8-10,13,16H2,1-3H3,(H,30,35)(H,31,34);2*6,10-11,13-14,16-18,21,23,28H,3-5,7-9,12,15H2,1-2H3,(H,30,35)(H,31,34)/t18-,22-,24-;2*17-,21-,23-/m000/s1. The van der Waals surface area contributed by atoms with Crippen molar-refractivity contribution in [2.45, 2.75) is 210 Å². The van der Waals surface area contributed by atoms with Crippen LogP contribution in [0.2, 0.25) is 0 Å². The van der Waals surface area contributed by atoms with Crippen LogP contribution in [0.5, 0.6) is 5.75 Å². The van der Waals surface area contributed by atoms with E-state index in [9.17, 15) is 47.5 Å². The van der Waals surface area contributed by atoms with Crippen LogP contribution in [0.25, 0.3) is 17.1 Å². The molecule has 3 aromatic heterocycles. The highest BCUT2D eigenvalue weighted by Gasteiger charge is 2.45. The number of ether oxygens (including phenoxy) is 1. The molecule has 12 rings (SSSR count). The lowest BCUT2D eigenvalue weighted by atomic mass is 9.83. The molecule has 0 unspecified atom stereocenters. The molecule has 9 atom stereocenters. The molecular formula is C79H108BrFN18O10. The molecular weight excluding hydrogens is 1460 g/mol. The van der Waals surface area contributed by atoms with Crippen LogP contribution >= 0.6 is 15.9 Å². The Labute approximate surface area is 645 Å². The minimum Gasteiger partial charge on any atom is -0.497 e. The summed E-state index contributed by atoms with van der Waals surface area (Å²) in [5.74, 6) is -0.0214. The van der Waals surface area contributed by atoms with Crippen LogP contribution < -0.4 is 52.6 Å². The number of hydrogen-bond acceptors (Lipinski definition) is 16. The van der Waals surface area contributed by atoms with Crippen molar-refractivity contribution < 1.29 is 52.3 Å². The summed E-state index contributed by atoms with van der Waals surface area (Å²) in [6.07, 6.45) is 23.7. The maximum atomic E-state index is 13.8. The molecule has 0 spiro atoms. The quantitative estimate of drug-likeness (QED) is 0.0260. The Morgan fingerprint density at radius 2 is 0.743 bits per heavy atom. The van der Waals surface area contributed by atoms with E-state index >= 15 is 0 Å². The van der Waals surface area contributed by atoms with E-state index in [1.54, 1.807) is 116 Å². The lowest BCUT2D eigenvalue weighted by molar-refractivity contribution is -0.142. The fraction of sp³-hybridized carbons (Fsp3) is 0.544. The molecule has 9 N–H and O–H groups in total. The third kappa shape index (κ3) is 21.1. The predicted octanol–water partition coefficient (Wildman–Crippen LogP) is 8.33. The zero-order valence-electron chi connectivity index (χ0n) is 63.7. The van der Waals surface area contributed by atoms with Gasteiger partial charge in [-0.3, -0.25) is 43.2 Å². The molecule has 6 aliphatic rings. The van der Waals surface area contributed by atoms with E-state index in [4.69, 9.17) is 4.74 Å². The van der Waals surface area contributed by atoms with Gasteiger partial charge in [0.25, 0.3) is 0 Å². The Balaban J connectivity index is 0.000000174. The summed E-state index contributed by atoms with van der Waals surface area (Å²) < 4.78 is 24.7. The molecule has 3 aromatic carbocycles. The lowest BCUT2D eigenvalue weighted by Crippen LogP contribution is -2.57. The first-order valence-corrected chi connectivity index (χ1v) is 39.5. The topological polar surface area (TPSA) is 334 Å². The molecule has 6 fully saturated rings. The van der Waals surface area contributed by atoms with Gasteiger partial charge in [-0.15, -0.1) is 0 Å². The average Bonchev–Trinajstić information content (AvgIpc) is 1.72. The number of halogens is 2. The van der Waals surface area contributed by atoms with Crippen molar-refractivity contribution >= 4 is 86.5 Å². The van der Waals surface area contributed by atoms with Gasteiger partial charge in [0.1, 0.15) is 65.3 Å². The number of benzene rings is 3. The molecule has 0 radical (unpaired) electrons. The Morgan fingerprint density at radius 3 is 1.06 bits per heavy atom. The number of nitrogens with zero attached hydrogens (tertiary/aromatic N) is 9. The number of anilines is 3. The fourth-order valence-corrected chi connectivity index (χ4v) is 16.0.